The van der Waals surface area contributed by atoms with Gasteiger partial charge in [0, 0.05) is 5.39 Å². The lowest BCUT2D eigenvalue weighted by Gasteiger charge is -2.29. The van der Waals surface area contributed by atoms with Crippen LogP contribution in [0.1, 0.15) is 18.5 Å². The molecule has 10 heteroatoms. The van der Waals surface area contributed by atoms with Crippen molar-refractivity contribution in [2.24, 2.45) is 0 Å². The Morgan fingerprint density at radius 1 is 1.14 bits per heavy atom. The number of fused-ring (bicyclic) bond motifs is 3. The van der Waals surface area contributed by atoms with Gasteiger partial charge in [-0.1, -0.05) is 24.3 Å². The van der Waals surface area contributed by atoms with E-state index in [0.29, 0.717) is 22.4 Å². The van der Waals surface area contributed by atoms with Crippen molar-refractivity contribution in [3.63, 3.8) is 0 Å². The second-order valence-electron chi connectivity index (χ2n) is 7.87. The smallest absolute Gasteiger partial charge is 0.338 e. The van der Waals surface area contributed by atoms with Crippen LogP contribution in [0.5, 0.6) is 5.75 Å². The molecular weight excluding hydrogens is 452 g/mol. The highest BCUT2D eigenvalue weighted by molar-refractivity contribution is 6.01. The molecule has 0 saturated heterocycles. The highest BCUT2D eigenvalue weighted by Crippen LogP contribution is 2.30. The Hall–Kier alpha value is -4.60. The number of carbonyl (C=O) groups excluding carboxylic acids is 2. The van der Waals surface area contributed by atoms with Gasteiger partial charge in [0.15, 0.2) is 0 Å². The first-order valence-corrected chi connectivity index (χ1v) is 11.0. The fraction of sp³-hybridized carbons (Fsp3) is 0.200. The third-order valence-corrected chi connectivity index (χ3v) is 5.78. The molecule has 2 aromatic carbocycles. The third kappa shape index (κ3) is 3.99. The van der Waals surface area contributed by atoms with Crippen LogP contribution in [0.4, 0.5) is 4.79 Å². The van der Waals surface area contributed by atoms with Gasteiger partial charge in [0.1, 0.15) is 16.8 Å². The number of furan rings is 1. The summed E-state index contributed by atoms with van der Waals surface area (Å²) in [6.07, 6.45) is 1.37. The standard InChI is InChI=1S/C25H22N4O6/c1-3-34-24(31)19-17(27-25(32)28-20(19)14-8-10-15(33-2)11-9-14)12-29-13-26-21-16-6-4-5-7-18(16)35-22(21)23(29)30/h4-11,13,20H,3,12H2,1-2H3,(H2,27,28,32). The van der Waals surface area contributed by atoms with E-state index in [9.17, 15) is 14.4 Å². The number of carbonyl (C=O) groups is 2. The monoisotopic (exact) mass is 474 g/mol. The Bertz CT molecular complexity index is 1530. The number of para-hydroxylation sites is 1. The zero-order valence-corrected chi connectivity index (χ0v) is 19.0. The Kier molecular flexibility index (Phi) is 5.69. The molecule has 4 aromatic rings. The maximum atomic E-state index is 13.2. The molecule has 2 aromatic heterocycles. The normalized spacial score (nSPS) is 15.7. The summed E-state index contributed by atoms with van der Waals surface area (Å²) in [5, 5.41) is 6.16. The SMILES string of the molecule is CCOC(=O)C1=C(Cn2cnc3c(oc4ccccc43)c2=O)NC(=O)NC1c1ccc(OC)cc1. The van der Waals surface area contributed by atoms with Crippen LogP contribution >= 0.6 is 0 Å². The molecule has 178 valence electrons. The predicted octanol–water partition coefficient (Wildman–Crippen LogP) is 3.02. The molecule has 0 aliphatic carbocycles. The van der Waals surface area contributed by atoms with Crippen LogP contribution in [-0.2, 0) is 16.1 Å². The fourth-order valence-corrected chi connectivity index (χ4v) is 4.14. The van der Waals surface area contributed by atoms with Crippen LogP contribution in [0, 0.1) is 0 Å². The number of ether oxygens (including phenoxy) is 2. The summed E-state index contributed by atoms with van der Waals surface area (Å²) in [4.78, 5) is 43.2. The number of hydrogen-bond acceptors (Lipinski definition) is 7. The first-order chi connectivity index (χ1) is 17.0. The molecule has 5 rings (SSSR count). The largest absolute Gasteiger partial charge is 0.497 e. The number of nitrogens with one attached hydrogen (secondary N) is 2. The van der Waals surface area contributed by atoms with Gasteiger partial charge in [-0.15, -0.1) is 0 Å². The number of methoxy groups -OCH3 is 1. The average molecular weight is 474 g/mol. The fourth-order valence-electron chi connectivity index (χ4n) is 4.14. The lowest BCUT2D eigenvalue weighted by Crippen LogP contribution is -2.47. The van der Waals surface area contributed by atoms with Gasteiger partial charge in [0.05, 0.1) is 43.9 Å². The van der Waals surface area contributed by atoms with Gasteiger partial charge in [-0.2, -0.15) is 0 Å². The average Bonchev–Trinajstić information content (AvgIpc) is 3.25. The first kappa shape index (κ1) is 22.2. The molecule has 0 fully saturated rings. The van der Waals surface area contributed by atoms with E-state index in [0.717, 1.165) is 5.39 Å². The molecule has 1 atom stereocenters. The van der Waals surface area contributed by atoms with Crippen molar-refractivity contribution in [3.8, 4) is 5.75 Å². The molecular formula is C25H22N4O6. The topological polar surface area (TPSA) is 125 Å². The van der Waals surface area contributed by atoms with Crippen LogP contribution in [0.2, 0.25) is 0 Å². The molecule has 3 heterocycles. The van der Waals surface area contributed by atoms with Crippen LogP contribution in [-0.4, -0.2) is 35.3 Å². The zero-order chi connectivity index (χ0) is 24.5. The second-order valence-corrected chi connectivity index (χ2v) is 7.87. The van der Waals surface area contributed by atoms with E-state index in [4.69, 9.17) is 13.9 Å². The summed E-state index contributed by atoms with van der Waals surface area (Å²) < 4.78 is 17.5. The van der Waals surface area contributed by atoms with Gasteiger partial charge in [-0.25, -0.2) is 14.6 Å². The number of aromatic nitrogens is 2. The number of nitrogens with zero attached hydrogens (tertiary/aromatic N) is 2. The minimum absolute atomic E-state index is 0.0963. The molecule has 1 aliphatic rings. The van der Waals surface area contributed by atoms with Gasteiger partial charge in [-0.05, 0) is 36.8 Å². The van der Waals surface area contributed by atoms with Crippen molar-refractivity contribution in [2.75, 3.05) is 13.7 Å². The summed E-state index contributed by atoms with van der Waals surface area (Å²) in [5.41, 5.74) is 1.73. The lowest BCUT2D eigenvalue weighted by molar-refractivity contribution is -0.139. The Morgan fingerprint density at radius 3 is 2.66 bits per heavy atom. The summed E-state index contributed by atoms with van der Waals surface area (Å²) in [7, 11) is 1.55. The molecule has 0 saturated carbocycles. The highest BCUT2D eigenvalue weighted by Gasteiger charge is 2.34. The lowest BCUT2D eigenvalue weighted by atomic mass is 9.95. The number of hydrogen-bond donors (Lipinski definition) is 2. The number of allylic oxidation sites excluding steroid dienone is 1. The number of benzene rings is 2. The zero-order valence-electron chi connectivity index (χ0n) is 19.0. The maximum Gasteiger partial charge on any atom is 0.338 e. The van der Waals surface area contributed by atoms with E-state index in [1.165, 1.54) is 10.9 Å². The van der Waals surface area contributed by atoms with E-state index in [2.05, 4.69) is 15.6 Å². The summed E-state index contributed by atoms with van der Waals surface area (Å²) in [6, 6.07) is 12.9. The van der Waals surface area contributed by atoms with Crippen LogP contribution in [0.15, 0.2) is 75.3 Å². The first-order valence-electron chi connectivity index (χ1n) is 11.0. The van der Waals surface area contributed by atoms with Gasteiger partial charge in [-0.3, -0.25) is 9.36 Å². The summed E-state index contributed by atoms with van der Waals surface area (Å²) in [6.45, 7) is 1.72. The van der Waals surface area contributed by atoms with E-state index in [1.54, 1.807) is 44.4 Å². The Balaban J connectivity index is 1.61. The van der Waals surface area contributed by atoms with Crippen molar-refractivity contribution in [1.29, 1.82) is 0 Å². The van der Waals surface area contributed by atoms with Crippen LogP contribution < -0.4 is 20.9 Å². The van der Waals surface area contributed by atoms with Gasteiger partial charge in [0.25, 0.3) is 5.56 Å². The predicted molar refractivity (Wildman–Crippen MR) is 127 cm³/mol. The van der Waals surface area contributed by atoms with E-state index >= 15 is 0 Å². The molecule has 35 heavy (non-hydrogen) atoms. The van der Waals surface area contributed by atoms with Crippen molar-refractivity contribution >= 4 is 34.1 Å². The number of esters is 1. The summed E-state index contributed by atoms with van der Waals surface area (Å²) in [5.74, 6) is 0.0225. The third-order valence-electron chi connectivity index (χ3n) is 5.78. The van der Waals surface area contributed by atoms with E-state index in [1.807, 2.05) is 18.2 Å². The molecule has 0 spiro atoms. The van der Waals surface area contributed by atoms with Gasteiger partial charge >= 0.3 is 12.0 Å². The van der Waals surface area contributed by atoms with E-state index < -0.39 is 23.6 Å². The molecule has 1 aliphatic heterocycles. The van der Waals surface area contributed by atoms with Crippen molar-refractivity contribution in [2.45, 2.75) is 19.5 Å². The molecule has 10 nitrogen and oxygen atoms in total. The number of amides is 2. The molecule has 2 N–H and O–H groups in total. The van der Waals surface area contributed by atoms with E-state index in [-0.39, 0.29) is 30.0 Å². The quantitative estimate of drug-likeness (QED) is 0.412. The van der Waals surface area contributed by atoms with Crippen LogP contribution in [0.3, 0.4) is 0 Å². The minimum Gasteiger partial charge on any atom is -0.497 e. The highest BCUT2D eigenvalue weighted by atomic mass is 16.5. The summed E-state index contributed by atoms with van der Waals surface area (Å²) >= 11 is 0. The minimum atomic E-state index is -0.790. The maximum absolute atomic E-state index is 13.2. The van der Waals surface area contributed by atoms with Crippen LogP contribution in [0.25, 0.3) is 22.1 Å². The second kappa shape index (κ2) is 8.98. The number of urea groups is 1. The molecule has 2 amide bonds. The number of rotatable bonds is 6. The molecule has 0 radical (unpaired) electrons. The Morgan fingerprint density at radius 2 is 1.91 bits per heavy atom. The van der Waals surface area contributed by atoms with Gasteiger partial charge in [0.2, 0.25) is 5.58 Å². The van der Waals surface area contributed by atoms with Crippen molar-refractivity contribution < 1.29 is 23.5 Å². The van der Waals surface area contributed by atoms with Crippen molar-refractivity contribution in [3.05, 3.63) is 82.0 Å². The van der Waals surface area contributed by atoms with Crippen molar-refractivity contribution in [1.82, 2.24) is 20.2 Å². The molecule has 1 unspecified atom stereocenters. The van der Waals surface area contributed by atoms with Gasteiger partial charge < -0.3 is 24.5 Å². The Labute approximate surface area is 199 Å². The molecule has 0 bridgehead atoms.